The Morgan fingerprint density at radius 1 is 1.60 bits per heavy atom. The second-order valence-electron chi connectivity index (χ2n) is 4.11. The van der Waals surface area contributed by atoms with Crippen molar-refractivity contribution in [1.82, 2.24) is 10.2 Å². The first kappa shape index (κ1) is 16.7. The highest BCUT2D eigenvalue weighted by Gasteiger charge is 2.17. The number of carbonyl (C=O) groups is 1. The summed E-state index contributed by atoms with van der Waals surface area (Å²) >= 11 is 1.62. The predicted octanol–water partition coefficient (Wildman–Crippen LogP) is 2.14. The minimum Gasteiger partial charge on any atom is -0.320 e. The molecule has 0 bridgehead atoms. The van der Waals surface area contributed by atoms with Crippen molar-refractivity contribution in [1.29, 1.82) is 0 Å². The van der Waals surface area contributed by atoms with E-state index in [9.17, 15) is 9.18 Å². The molecule has 0 spiro atoms. The standard InChI is InChI=1S/C12H15FN4OS.ClH/c1-19-6-5-8(14)12(18)15-11-10-7(13)3-2-4-9(10)16-17-11;/h2-4,8H,5-6,14H2,1H3,(H2,15,16,17,18);1H/t8-;/m0./s1. The van der Waals surface area contributed by atoms with E-state index in [-0.39, 0.29) is 29.5 Å². The molecule has 1 heterocycles. The Balaban J connectivity index is 0.00000200. The highest BCUT2D eigenvalue weighted by molar-refractivity contribution is 7.98. The number of anilines is 1. The molecule has 8 heteroatoms. The summed E-state index contributed by atoms with van der Waals surface area (Å²) in [6, 6.07) is 3.97. The van der Waals surface area contributed by atoms with Gasteiger partial charge in [0.05, 0.1) is 16.9 Å². The number of nitrogens with two attached hydrogens (primary N) is 1. The van der Waals surface area contributed by atoms with E-state index < -0.39 is 11.9 Å². The first-order valence-electron chi connectivity index (χ1n) is 5.81. The number of hydrogen-bond donors (Lipinski definition) is 3. The largest absolute Gasteiger partial charge is 0.320 e. The minimum absolute atomic E-state index is 0. The molecule has 1 aromatic carbocycles. The topological polar surface area (TPSA) is 83.8 Å². The number of aromatic nitrogens is 2. The zero-order chi connectivity index (χ0) is 13.8. The lowest BCUT2D eigenvalue weighted by molar-refractivity contribution is -0.117. The van der Waals surface area contributed by atoms with Gasteiger partial charge in [0.25, 0.3) is 0 Å². The van der Waals surface area contributed by atoms with E-state index in [4.69, 9.17) is 5.73 Å². The van der Waals surface area contributed by atoms with Crippen LogP contribution in [0.15, 0.2) is 18.2 Å². The van der Waals surface area contributed by atoms with Crippen molar-refractivity contribution in [2.24, 2.45) is 5.73 Å². The van der Waals surface area contributed by atoms with Crippen molar-refractivity contribution < 1.29 is 9.18 Å². The van der Waals surface area contributed by atoms with Gasteiger partial charge in [0, 0.05) is 0 Å². The zero-order valence-electron chi connectivity index (χ0n) is 10.9. The van der Waals surface area contributed by atoms with Crippen LogP contribution in [0, 0.1) is 5.82 Å². The van der Waals surface area contributed by atoms with Crippen LogP contribution in [0.25, 0.3) is 10.9 Å². The summed E-state index contributed by atoms with van der Waals surface area (Å²) in [7, 11) is 0. The molecule has 2 rings (SSSR count). The first-order valence-corrected chi connectivity index (χ1v) is 7.21. The molecule has 0 unspecified atom stereocenters. The van der Waals surface area contributed by atoms with Crippen molar-refractivity contribution >= 4 is 46.8 Å². The maximum Gasteiger partial charge on any atom is 0.242 e. The maximum atomic E-state index is 13.7. The number of rotatable bonds is 5. The third kappa shape index (κ3) is 3.62. The molecule has 5 nitrogen and oxygen atoms in total. The molecule has 1 amide bonds. The normalized spacial score (nSPS) is 11.9. The molecule has 0 aliphatic rings. The van der Waals surface area contributed by atoms with Gasteiger partial charge in [-0.2, -0.15) is 16.9 Å². The van der Waals surface area contributed by atoms with E-state index in [0.29, 0.717) is 11.9 Å². The molecule has 1 aromatic heterocycles. The van der Waals surface area contributed by atoms with Gasteiger partial charge in [-0.3, -0.25) is 9.89 Å². The number of hydrogen-bond acceptors (Lipinski definition) is 4. The lowest BCUT2D eigenvalue weighted by Crippen LogP contribution is -2.36. The molecular formula is C12H16ClFN4OS. The van der Waals surface area contributed by atoms with Crippen LogP contribution >= 0.6 is 24.2 Å². The fourth-order valence-electron chi connectivity index (χ4n) is 1.71. The van der Waals surface area contributed by atoms with Crippen LogP contribution in [0.3, 0.4) is 0 Å². The van der Waals surface area contributed by atoms with E-state index in [0.717, 1.165) is 5.75 Å². The zero-order valence-corrected chi connectivity index (χ0v) is 12.5. The number of fused-ring (bicyclic) bond motifs is 1. The average Bonchev–Trinajstić information content (AvgIpc) is 2.80. The molecule has 0 fully saturated rings. The van der Waals surface area contributed by atoms with E-state index in [1.54, 1.807) is 23.9 Å². The van der Waals surface area contributed by atoms with Gasteiger partial charge in [0.15, 0.2) is 5.82 Å². The Kier molecular flexibility index (Phi) is 6.25. The summed E-state index contributed by atoms with van der Waals surface area (Å²) in [6.07, 6.45) is 2.51. The number of H-pyrrole nitrogens is 1. The van der Waals surface area contributed by atoms with Gasteiger partial charge >= 0.3 is 0 Å². The number of nitrogens with one attached hydrogen (secondary N) is 2. The average molecular weight is 319 g/mol. The second kappa shape index (κ2) is 7.47. The Bertz CT molecular complexity index is 592. The summed E-state index contributed by atoms with van der Waals surface area (Å²) in [5, 5.41) is 9.40. The lowest BCUT2D eigenvalue weighted by atomic mass is 10.2. The summed E-state index contributed by atoms with van der Waals surface area (Å²) in [5.74, 6) is 0.187. The molecule has 0 saturated carbocycles. The molecule has 4 N–H and O–H groups in total. The predicted molar refractivity (Wildman–Crippen MR) is 82.9 cm³/mol. The molecule has 20 heavy (non-hydrogen) atoms. The molecular weight excluding hydrogens is 303 g/mol. The van der Waals surface area contributed by atoms with Crippen LogP contribution in [0.4, 0.5) is 10.2 Å². The van der Waals surface area contributed by atoms with Gasteiger partial charge in [0.1, 0.15) is 5.82 Å². The SMILES string of the molecule is CSCC[C@H](N)C(=O)Nc1n[nH]c2cccc(F)c12.Cl. The maximum absolute atomic E-state index is 13.7. The van der Waals surface area contributed by atoms with Crippen molar-refractivity contribution in [2.75, 3.05) is 17.3 Å². The van der Waals surface area contributed by atoms with Gasteiger partial charge in [-0.05, 0) is 30.6 Å². The van der Waals surface area contributed by atoms with Crippen molar-refractivity contribution in [2.45, 2.75) is 12.5 Å². The van der Waals surface area contributed by atoms with Crippen molar-refractivity contribution in [3.63, 3.8) is 0 Å². The second-order valence-corrected chi connectivity index (χ2v) is 5.10. The van der Waals surface area contributed by atoms with Crippen LogP contribution < -0.4 is 11.1 Å². The van der Waals surface area contributed by atoms with Gasteiger partial charge in [-0.1, -0.05) is 6.07 Å². The summed E-state index contributed by atoms with van der Waals surface area (Å²) < 4.78 is 13.7. The number of amides is 1. The van der Waals surface area contributed by atoms with Crippen molar-refractivity contribution in [3.8, 4) is 0 Å². The fourth-order valence-corrected chi connectivity index (χ4v) is 2.20. The fraction of sp³-hybridized carbons (Fsp3) is 0.333. The van der Waals surface area contributed by atoms with Crippen LogP contribution in [-0.2, 0) is 4.79 Å². The van der Waals surface area contributed by atoms with Gasteiger partial charge in [0.2, 0.25) is 5.91 Å². The molecule has 1 atom stereocenters. The van der Waals surface area contributed by atoms with Crippen LogP contribution in [0.1, 0.15) is 6.42 Å². The molecule has 2 aromatic rings. The summed E-state index contributed by atoms with van der Waals surface area (Å²) in [5.41, 5.74) is 6.28. The van der Waals surface area contributed by atoms with E-state index in [1.807, 2.05) is 6.26 Å². The van der Waals surface area contributed by atoms with Crippen LogP contribution in [-0.4, -0.2) is 34.2 Å². The number of benzene rings is 1. The van der Waals surface area contributed by atoms with Crippen molar-refractivity contribution in [3.05, 3.63) is 24.0 Å². The number of nitrogens with zero attached hydrogens (tertiary/aromatic N) is 1. The Morgan fingerprint density at radius 3 is 3.05 bits per heavy atom. The van der Waals surface area contributed by atoms with Crippen LogP contribution in [0.5, 0.6) is 0 Å². The highest BCUT2D eigenvalue weighted by Crippen LogP contribution is 2.23. The number of halogens is 2. The molecule has 0 aliphatic carbocycles. The third-order valence-electron chi connectivity index (χ3n) is 2.75. The molecule has 0 saturated heterocycles. The van der Waals surface area contributed by atoms with Gasteiger partial charge in [-0.15, -0.1) is 12.4 Å². The van der Waals surface area contributed by atoms with Crippen LogP contribution in [0.2, 0.25) is 0 Å². The molecule has 0 radical (unpaired) electrons. The molecule has 0 aliphatic heterocycles. The van der Waals surface area contributed by atoms with Gasteiger partial charge < -0.3 is 11.1 Å². The number of aromatic amines is 1. The first-order chi connectivity index (χ1) is 9.13. The third-order valence-corrected chi connectivity index (χ3v) is 3.39. The Hall–Kier alpha value is -1.31. The highest BCUT2D eigenvalue weighted by atomic mass is 35.5. The number of carbonyl (C=O) groups excluding carboxylic acids is 1. The smallest absolute Gasteiger partial charge is 0.242 e. The Morgan fingerprint density at radius 2 is 2.35 bits per heavy atom. The number of thioether (sulfide) groups is 1. The summed E-state index contributed by atoms with van der Waals surface area (Å²) in [6.45, 7) is 0. The van der Waals surface area contributed by atoms with E-state index in [2.05, 4.69) is 15.5 Å². The van der Waals surface area contributed by atoms with E-state index >= 15 is 0 Å². The summed E-state index contributed by atoms with van der Waals surface area (Å²) in [4.78, 5) is 11.8. The molecule has 110 valence electrons. The lowest BCUT2D eigenvalue weighted by Gasteiger charge is -2.10. The van der Waals surface area contributed by atoms with E-state index in [1.165, 1.54) is 6.07 Å². The Labute approximate surface area is 126 Å². The van der Waals surface area contributed by atoms with Gasteiger partial charge in [-0.25, -0.2) is 4.39 Å². The minimum atomic E-state index is -0.619. The monoisotopic (exact) mass is 318 g/mol. The quantitative estimate of drug-likeness (QED) is 0.788.